The molecule has 2 fully saturated rings. The van der Waals surface area contributed by atoms with Gasteiger partial charge in [-0.2, -0.15) is 0 Å². The Bertz CT molecular complexity index is 817. The average Bonchev–Trinajstić information content (AvgIpc) is 3.33. The number of thiocarbonyl (C=S) groups is 1. The van der Waals surface area contributed by atoms with Crippen molar-refractivity contribution in [2.24, 2.45) is 5.92 Å². The number of rotatable bonds is 8. The molecule has 0 bridgehead atoms. The fraction of sp³-hybridized carbons (Fsp3) is 0.476. The molecule has 8 heteroatoms. The molecule has 1 aliphatic heterocycles. The van der Waals surface area contributed by atoms with E-state index in [4.69, 9.17) is 21.7 Å². The minimum Gasteiger partial charge on any atom is -0.493 e. The summed E-state index contributed by atoms with van der Waals surface area (Å²) in [7, 11) is 2.82. The van der Waals surface area contributed by atoms with Crippen LogP contribution in [0.15, 0.2) is 23.1 Å². The number of hydrogen-bond acceptors (Lipinski definition) is 7. The molecule has 6 nitrogen and oxygen atoms in total. The molecule has 1 heterocycles. The van der Waals surface area contributed by atoms with Crippen molar-refractivity contribution in [2.45, 2.75) is 32.1 Å². The minimum atomic E-state index is -0.475. The number of benzene rings is 1. The van der Waals surface area contributed by atoms with Gasteiger partial charge in [0.1, 0.15) is 4.32 Å². The number of hydrogen-bond donors (Lipinski definition) is 0. The monoisotopic (exact) mass is 435 g/mol. The zero-order valence-electron chi connectivity index (χ0n) is 16.6. The molecule has 0 aromatic heterocycles. The molecule has 0 N–H and O–H groups in total. The maximum absolute atomic E-state index is 12.8. The maximum Gasteiger partial charge on any atom is 0.343 e. The highest BCUT2D eigenvalue weighted by atomic mass is 32.2. The van der Waals surface area contributed by atoms with Gasteiger partial charge in [0.15, 0.2) is 18.1 Å². The molecule has 3 rings (SSSR count). The first-order valence-corrected chi connectivity index (χ1v) is 10.9. The van der Waals surface area contributed by atoms with Crippen LogP contribution in [0.25, 0.3) is 6.08 Å². The van der Waals surface area contributed by atoms with Gasteiger partial charge >= 0.3 is 5.97 Å². The summed E-state index contributed by atoms with van der Waals surface area (Å²) >= 11 is 6.76. The fourth-order valence-electron chi connectivity index (χ4n) is 3.54. The Morgan fingerprint density at radius 2 is 2.03 bits per heavy atom. The summed E-state index contributed by atoms with van der Waals surface area (Å²) in [5.41, 5.74) is 0.795. The number of thioether (sulfide) groups is 1. The molecule has 0 atom stereocenters. The van der Waals surface area contributed by atoms with Gasteiger partial charge in [0.25, 0.3) is 5.91 Å². The van der Waals surface area contributed by atoms with E-state index in [1.54, 1.807) is 23.1 Å². The zero-order valence-corrected chi connectivity index (χ0v) is 18.3. The largest absolute Gasteiger partial charge is 0.493 e. The Morgan fingerprint density at radius 3 is 2.72 bits per heavy atom. The molecule has 1 amide bonds. The van der Waals surface area contributed by atoms with Gasteiger partial charge in [-0.25, -0.2) is 4.79 Å². The third kappa shape index (κ3) is 5.51. The summed E-state index contributed by atoms with van der Waals surface area (Å²) in [4.78, 5) is 26.4. The van der Waals surface area contributed by atoms with Crippen molar-refractivity contribution in [1.82, 2.24) is 4.90 Å². The number of carbonyl (C=O) groups is 2. The van der Waals surface area contributed by atoms with Crippen LogP contribution in [-0.4, -0.2) is 48.5 Å². The predicted molar refractivity (Wildman–Crippen MR) is 117 cm³/mol. The van der Waals surface area contributed by atoms with Crippen LogP contribution in [0, 0.1) is 5.92 Å². The van der Waals surface area contributed by atoms with Crippen LogP contribution >= 0.6 is 24.0 Å². The van der Waals surface area contributed by atoms with Crippen LogP contribution in [0.5, 0.6) is 11.5 Å². The molecule has 29 heavy (non-hydrogen) atoms. The number of carbonyl (C=O) groups excluding carboxylic acids is 2. The smallest absolute Gasteiger partial charge is 0.343 e. The molecule has 2 aliphatic rings. The predicted octanol–water partition coefficient (Wildman–Crippen LogP) is 4.03. The van der Waals surface area contributed by atoms with E-state index in [2.05, 4.69) is 4.74 Å². The second-order valence-corrected chi connectivity index (χ2v) is 8.72. The van der Waals surface area contributed by atoms with Gasteiger partial charge in [0.2, 0.25) is 0 Å². The van der Waals surface area contributed by atoms with Gasteiger partial charge in [-0.1, -0.05) is 55.7 Å². The first kappa shape index (κ1) is 21.6. The van der Waals surface area contributed by atoms with Crippen LogP contribution in [0.1, 0.15) is 37.7 Å². The Balaban J connectivity index is 1.67. The molecule has 0 radical (unpaired) electrons. The second-order valence-electron chi connectivity index (χ2n) is 7.05. The molecule has 1 aromatic rings. The maximum atomic E-state index is 12.8. The van der Waals surface area contributed by atoms with Crippen molar-refractivity contribution in [3.8, 4) is 11.5 Å². The Labute approximate surface area is 180 Å². The quantitative estimate of drug-likeness (QED) is 0.347. The highest BCUT2D eigenvalue weighted by Gasteiger charge is 2.32. The van der Waals surface area contributed by atoms with Crippen LogP contribution in [0.2, 0.25) is 0 Å². The summed E-state index contributed by atoms with van der Waals surface area (Å²) in [6.45, 7) is 0.488. The molecule has 0 spiro atoms. The van der Waals surface area contributed by atoms with Crippen molar-refractivity contribution >= 4 is 46.3 Å². The molecule has 1 aromatic carbocycles. The lowest BCUT2D eigenvalue weighted by Gasteiger charge is -2.17. The van der Waals surface area contributed by atoms with Crippen molar-refractivity contribution in [2.75, 3.05) is 27.4 Å². The molecule has 1 saturated carbocycles. The van der Waals surface area contributed by atoms with E-state index in [-0.39, 0.29) is 12.5 Å². The van der Waals surface area contributed by atoms with E-state index in [0.717, 1.165) is 12.0 Å². The highest BCUT2D eigenvalue weighted by Crippen LogP contribution is 2.36. The zero-order chi connectivity index (χ0) is 20.8. The van der Waals surface area contributed by atoms with E-state index >= 15 is 0 Å². The first-order valence-electron chi connectivity index (χ1n) is 9.65. The number of nitrogens with zero attached hydrogens (tertiary/aromatic N) is 1. The number of amides is 1. The minimum absolute atomic E-state index is 0.0389. The lowest BCUT2D eigenvalue weighted by atomic mass is 10.0. The standard InChI is InChI=1S/C21H25NO5S2/c1-25-17-11-15(7-8-16(17)27-13-19(23)26-2)12-18-20(24)22(21(28)29-18)10-9-14-5-3-4-6-14/h7-8,11-12,14H,3-6,9-10,13H2,1-2H3/b18-12-. The van der Waals surface area contributed by atoms with E-state index in [0.29, 0.717) is 33.2 Å². The number of methoxy groups -OCH3 is 2. The van der Waals surface area contributed by atoms with Gasteiger partial charge in [0.05, 0.1) is 19.1 Å². The third-order valence-electron chi connectivity index (χ3n) is 5.17. The van der Waals surface area contributed by atoms with Crippen molar-refractivity contribution < 1.29 is 23.8 Å². The van der Waals surface area contributed by atoms with Crippen molar-refractivity contribution in [1.29, 1.82) is 0 Å². The molecule has 156 valence electrons. The summed E-state index contributed by atoms with van der Waals surface area (Å²) < 4.78 is 16.0. The second kappa shape index (κ2) is 10.1. The highest BCUT2D eigenvalue weighted by molar-refractivity contribution is 8.26. The SMILES string of the molecule is COC(=O)COc1ccc(/C=C2\SC(=S)N(CCC3CCCC3)C2=O)cc1OC. The third-order valence-corrected chi connectivity index (χ3v) is 6.55. The van der Waals surface area contributed by atoms with Crippen molar-refractivity contribution in [3.63, 3.8) is 0 Å². The number of ether oxygens (including phenoxy) is 3. The summed E-state index contributed by atoms with van der Waals surface area (Å²) in [6.07, 6.45) is 7.93. The van der Waals surface area contributed by atoms with Crippen molar-refractivity contribution in [3.05, 3.63) is 28.7 Å². The fourth-order valence-corrected chi connectivity index (χ4v) is 4.85. The lowest BCUT2D eigenvalue weighted by Crippen LogP contribution is -2.30. The van der Waals surface area contributed by atoms with Crippen LogP contribution < -0.4 is 9.47 Å². The van der Waals surface area contributed by atoms with E-state index in [9.17, 15) is 9.59 Å². The Morgan fingerprint density at radius 1 is 1.28 bits per heavy atom. The van der Waals surface area contributed by atoms with Gasteiger partial charge in [-0.05, 0) is 36.1 Å². The topological polar surface area (TPSA) is 65.1 Å². The normalized spacial score (nSPS) is 18.6. The van der Waals surface area contributed by atoms with Crippen LogP contribution in [0.4, 0.5) is 0 Å². The molecule has 1 aliphatic carbocycles. The molecule has 0 unspecified atom stereocenters. The summed E-state index contributed by atoms with van der Waals surface area (Å²) in [5.74, 6) is 1.10. The van der Waals surface area contributed by atoms with Gasteiger partial charge in [0, 0.05) is 6.54 Å². The van der Waals surface area contributed by atoms with E-state index < -0.39 is 5.97 Å². The Hall–Kier alpha value is -2.06. The molecular weight excluding hydrogens is 410 g/mol. The first-order chi connectivity index (χ1) is 14.0. The summed E-state index contributed by atoms with van der Waals surface area (Å²) in [5, 5.41) is 0. The van der Waals surface area contributed by atoms with Crippen LogP contribution in [0.3, 0.4) is 0 Å². The van der Waals surface area contributed by atoms with Gasteiger partial charge in [-0.15, -0.1) is 0 Å². The Kier molecular flexibility index (Phi) is 7.55. The lowest BCUT2D eigenvalue weighted by molar-refractivity contribution is -0.142. The van der Waals surface area contributed by atoms with Crippen LogP contribution in [-0.2, 0) is 14.3 Å². The number of esters is 1. The van der Waals surface area contributed by atoms with E-state index in [1.807, 2.05) is 6.08 Å². The van der Waals surface area contributed by atoms with E-state index in [1.165, 1.54) is 51.7 Å². The van der Waals surface area contributed by atoms with Gasteiger partial charge < -0.3 is 14.2 Å². The molecular formula is C21H25NO5S2. The average molecular weight is 436 g/mol. The van der Waals surface area contributed by atoms with Gasteiger partial charge in [-0.3, -0.25) is 9.69 Å². The summed E-state index contributed by atoms with van der Waals surface area (Å²) in [6, 6.07) is 5.27. The molecule has 1 saturated heterocycles.